The Morgan fingerprint density at radius 1 is 1.16 bits per heavy atom. The van der Waals surface area contributed by atoms with Gasteiger partial charge in [0.2, 0.25) is 5.91 Å². The highest BCUT2D eigenvalue weighted by Crippen LogP contribution is 2.14. The van der Waals surface area contributed by atoms with Gasteiger partial charge in [-0.25, -0.2) is 0 Å². The summed E-state index contributed by atoms with van der Waals surface area (Å²) in [5, 5.41) is 5.75. The van der Waals surface area contributed by atoms with E-state index in [-0.39, 0.29) is 11.8 Å². The standard InChI is InChI=1S/C19H29N3O3/c1-14(2)12-18(22-8-10-25-11-9-22)13-20-19(24)16-4-6-17(7-5-16)21-15(3)23/h4-7,14,18H,8-13H2,1-3H3,(H,20,24)(H,21,23)/t18-/m0/s1. The Balaban J connectivity index is 1.91. The van der Waals surface area contributed by atoms with Crippen LogP contribution in [0, 0.1) is 5.92 Å². The summed E-state index contributed by atoms with van der Waals surface area (Å²) in [6.07, 6.45) is 1.04. The smallest absolute Gasteiger partial charge is 0.251 e. The molecule has 1 saturated heterocycles. The minimum atomic E-state index is -0.126. The molecule has 6 nitrogen and oxygen atoms in total. The Bertz CT molecular complexity index is 566. The number of hydrogen-bond acceptors (Lipinski definition) is 4. The van der Waals surface area contributed by atoms with Gasteiger partial charge in [0.1, 0.15) is 0 Å². The largest absolute Gasteiger partial charge is 0.379 e. The summed E-state index contributed by atoms with van der Waals surface area (Å²) in [6, 6.07) is 7.26. The number of hydrogen-bond donors (Lipinski definition) is 2. The van der Waals surface area contributed by atoms with Crippen molar-refractivity contribution in [1.29, 1.82) is 0 Å². The molecule has 1 aromatic carbocycles. The lowest BCUT2D eigenvalue weighted by Crippen LogP contribution is -2.49. The molecule has 2 rings (SSSR count). The number of anilines is 1. The summed E-state index contributed by atoms with van der Waals surface area (Å²) >= 11 is 0. The van der Waals surface area contributed by atoms with Gasteiger partial charge in [0, 0.05) is 43.9 Å². The van der Waals surface area contributed by atoms with Crippen LogP contribution in [-0.4, -0.2) is 55.6 Å². The third-order valence-electron chi connectivity index (χ3n) is 4.27. The normalized spacial score (nSPS) is 16.5. The molecule has 0 unspecified atom stereocenters. The van der Waals surface area contributed by atoms with Crippen molar-refractivity contribution in [3.63, 3.8) is 0 Å². The van der Waals surface area contributed by atoms with E-state index >= 15 is 0 Å². The highest BCUT2D eigenvalue weighted by molar-refractivity contribution is 5.95. The number of amides is 2. The molecule has 1 aliphatic heterocycles. The summed E-state index contributed by atoms with van der Waals surface area (Å²) in [4.78, 5) is 25.9. The van der Waals surface area contributed by atoms with Crippen molar-refractivity contribution in [2.24, 2.45) is 5.92 Å². The molecule has 2 N–H and O–H groups in total. The zero-order chi connectivity index (χ0) is 18.2. The van der Waals surface area contributed by atoms with Gasteiger partial charge in [-0.2, -0.15) is 0 Å². The van der Waals surface area contributed by atoms with Crippen molar-refractivity contribution in [3.8, 4) is 0 Å². The Morgan fingerprint density at radius 3 is 2.36 bits per heavy atom. The van der Waals surface area contributed by atoms with Crippen LogP contribution >= 0.6 is 0 Å². The maximum Gasteiger partial charge on any atom is 0.251 e. The van der Waals surface area contributed by atoms with Gasteiger partial charge in [0.05, 0.1) is 13.2 Å². The van der Waals surface area contributed by atoms with Crippen LogP contribution in [0.5, 0.6) is 0 Å². The number of nitrogens with one attached hydrogen (secondary N) is 2. The van der Waals surface area contributed by atoms with E-state index in [9.17, 15) is 9.59 Å². The molecule has 0 aliphatic carbocycles. The molecule has 0 aromatic heterocycles. The lowest BCUT2D eigenvalue weighted by atomic mass is 10.0. The van der Waals surface area contributed by atoms with Crippen LogP contribution < -0.4 is 10.6 Å². The molecule has 1 aliphatic rings. The minimum Gasteiger partial charge on any atom is -0.379 e. The zero-order valence-electron chi connectivity index (χ0n) is 15.4. The number of nitrogens with zero attached hydrogens (tertiary/aromatic N) is 1. The number of rotatable bonds is 7. The molecule has 0 bridgehead atoms. The Morgan fingerprint density at radius 2 is 1.80 bits per heavy atom. The van der Waals surface area contributed by atoms with Gasteiger partial charge in [0.15, 0.2) is 0 Å². The highest BCUT2D eigenvalue weighted by Gasteiger charge is 2.22. The van der Waals surface area contributed by atoms with Crippen molar-refractivity contribution in [1.82, 2.24) is 10.2 Å². The molecule has 138 valence electrons. The highest BCUT2D eigenvalue weighted by atomic mass is 16.5. The number of carbonyl (C=O) groups is 2. The SMILES string of the molecule is CC(=O)Nc1ccc(C(=O)NC[C@H](CC(C)C)N2CCOCC2)cc1. The molecule has 25 heavy (non-hydrogen) atoms. The average Bonchev–Trinajstić information content (AvgIpc) is 2.59. The molecular weight excluding hydrogens is 318 g/mol. The van der Waals surface area contributed by atoms with E-state index in [1.54, 1.807) is 24.3 Å². The Hall–Kier alpha value is -1.92. The van der Waals surface area contributed by atoms with Gasteiger partial charge in [-0.3, -0.25) is 14.5 Å². The summed E-state index contributed by atoms with van der Waals surface area (Å²) < 4.78 is 5.43. The third-order valence-corrected chi connectivity index (χ3v) is 4.27. The second-order valence-electron chi connectivity index (χ2n) is 6.90. The van der Waals surface area contributed by atoms with Gasteiger partial charge >= 0.3 is 0 Å². The summed E-state index contributed by atoms with van der Waals surface area (Å²) in [7, 11) is 0. The number of benzene rings is 1. The molecule has 0 radical (unpaired) electrons. The quantitative estimate of drug-likeness (QED) is 0.793. The average molecular weight is 347 g/mol. The van der Waals surface area contributed by atoms with Crippen LogP contribution in [0.25, 0.3) is 0 Å². The predicted molar refractivity (Wildman–Crippen MR) is 98.7 cm³/mol. The van der Waals surface area contributed by atoms with Crippen molar-refractivity contribution in [2.45, 2.75) is 33.2 Å². The Kier molecular flexibility index (Phi) is 7.40. The van der Waals surface area contributed by atoms with Crippen LogP contribution in [0.4, 0.5) is 5.69 Å². The second-order valence-corrected chi connectivity index (χ2v) is 6.90. The van der Waals surface area contributed by atoms with Gasteiger partial charge in [0.25, 0.3) is 5.91 Å². The molecular formula is C19H29N3O3. The van der Waals surface area contributed by atoms with Gasteiger partial charge in [-0.05, 0) is 36.6 Å². The topological polar surface area (TPSA) is 70.7 Å². The molecule has 6 heteroatoms. The van der Waals surface area contributed by atoms with E-state index < -0.39 is 0 Å². The first-order valence-electron chi connectivity index (χ1n) is 8.93. The number of morpholine rings is 1. The van der Waals surface area contributed by atoms with Crippen LogP contribution in [-0.2, 0) is 9.53 Å². The van der Waals surface area contributed by atoms with Crippen molar-refractivity contribution >= 4 is 17.5 Å². The third kappa shape index (κ3) is 6.48. The predicted octanol–water partition coefficient (Wildman–Crippen LogP) is 2.12. The Labute approximate surface area is 149 Å². The van der Waals surface area contributed by atoms with Crippen molar-refractivity contribution < 1.29 is 14.3 Å². The first-order chi connectivity index (χ1) is 12.0. The molecule has 0 saturated carbocycles. The summed E-state index contributed by atoms with van der Waals surface area (Å²) in [5.74, 6) is 0.359. The zero-order valence-corrected chi connectivity index (χ0v) is 15.4. The fourth-order valence-electron chi connectivity index (χ4n) is 3.07. The molecule has 1 fully saturated rings. The van der Waals surface area contributed by atoms with Gasteiger partial charge < -0.3 is 15.4 Å². The monoisotopic (exact) mass is 347 g/mol. The van der Waals surface area contributed by atoms with Crippen LogP contribution in [0.2, 0.25) is 0 Å². The van der Waals surface area contributed by atoms with E-state index in [1.165, 1.54) is 6.92 Å². The second kappa shape index (κ2) is 9.53. The van der Waals surface area contributed by atoms with Crippen molar-refractivity contribution in [3.05, 3.63) is 29.8 Å². The molecule has 1 heterocycles. The lowest BCUT2D eigenvalue weighted by molar-refractivity contribution is -0.114. The van der Waals surface area contributed by atoms with Gasteiger partial charge in [-0.1, -0.05) is 13.8 Å². The first-order valence-corrected chi connectivity index (χ1v) is 8.93. The summed E-state index contributed by atoms with van der Waals surface area (Å²) in [6.45, 7) is 9.84. The van der Waals surface area contributed by atoms with E-state index in [0.29, 0.717) is 29.8 Å². The minimum absolute atomic E-state index is 0.0867. The molecule has 2 amide bonds. The molecule has 1 atom stereocenters. The number of carbonyl (C=O) groups excluding carboxylic acids is 2. The molecule has 0 spiro atoms. The van der Waals surface area contributed by atoms with E-state index in [4.69, 9.17) is 4.74 Å². The van der Waals surface area contributed by atoms with Crippen LogP contribution in [0.1, 0.15) is 37.6 Å². The van der Waals surface area contributed by atoms with Crippen LogP contribution in [0.15, 0.2) is 24.3 Å². The molecule has 1 aromatic rings. The first kappa shape index (κ1) is 19.4. The maximum absolute atomic E-state index is 12.4. The summed E-state index contributed by atoms with van der Waals surface area (Å²) in [5.41, 5.74) is 1.29. The fraction of sp³-hybridized carbons (Fsp3) is 0.579. The van der Waals surface area contributed by atoms with E-state index in [2.05, 4.69) is 29.4 Å². The van der Waals surface area contributed by atoms with Crippen LogP contribution in [0.3, 0.4) is 0 Å². The van der Waals surface area contributed by atoms with Crippen molar-refractivity contribution in [2.75, 3.05) is 38.2 Å². The van der Waals surface area contributed by atoms with E-state index in [1.807, 2.05) is 0 Å². The van der Waals surface area contributed by atoms with E-state index in [0.717, 1.165) is 32.7 Å². The maximum atomic E-state index is 12.4. The fourth-order valence-corrected chi connectivity index (χ4v) is 3.07. The lowest BCUT2D eigenvalue weighted by Gasteiger charge is -2.35. The van der Waals surface area contributed by atoms with Gasteiger partial charge in [-0.15, -0.1) is 0 Å². The number of ether oxygens (including phenoxy) is 1.